The number of carbonyl (C=O) groups is 6. The third-order valence-electron chi connectivity index (χ3n) is 14.1. The molecule has 0 radical (unpaired) electrons. The first-order chi connectivity index (χ1) is 41.9. The summed E-state index contributed by atoms with van der Waals surface area (Å²) in [5, 5.41) is 26.0. The largest absolute Gasteiger partial charge is 0.483 e. The Bertz CT molecular complexity index is 3190. The number of amides is 3. The van der Waals surface area contributed by atoms with Crippen LogP contribution in [0.15, 0.2) is 134 Å². The molecule has 0 bridgehead atoms. The minimum absolute atomic E-state index is 0.0405. The average molecular weight is 1290 g/mol. The number of carboxylic acid groups (broad SMARTS) is 2. The van der Waals surface area contributed by atoms with Crippen molar-refractivity contribution in [2.75, 3.05) is 10.2 Å². The van der Waals surface area contributed by atoms with Gasteiger partial charge in [0.05, 0.1) is 56.6 Å². The predicted molar refractivity (Wildman–Crippen MR) is 340 cm³/mol. The second kappa shape index (κ2) is 33.9. The van der Waals surface area contributed by atoms with Gasteiger partial charge in [-0.05, 0) is 164 Å². The number of nitrogens with zero attached hydrogens (tertiary/aromatic N) is 3. The molecule has 2 aliphatic carbocycles. The zero-order valence-corrected chi connectivity index (χ0v) is 53.1. The summed E-state index contributed by atoms with van der Waals surface area (Å²) in [6.45, 7) is 11.5. The highest BCUT2D eigenvalue weighted by Crippen LogP contribution is 2.32. The highest BCUT2D eigenvalue weighted by molar-refractivity contribution is 6.40. The zero-order chi connectivity index (χ0) is 64.0. The number of pyridine rings is 2. The Morgan fingerprint density at radius 3 is 1.41 bits per heavy atom. The number of carbonyl (C=O) groups excluding carboxylic acids is 4. The molecule has 88 heavy (non-hydrogen) atoms. The summed E-state index contributed by atoms with van der Waals surface area (Å²) < 4.78 is 23.7. The van der Waals surface area contributed by atoms with Crippen molar-refractivity contribution in [2.45, 2.75) is 167 Å². The van der Waals surface area contributed by atoms with Gasteiger partial charge in [0.2, 0.25) is 0 Å². The van der Waals surface area contributed by atoms with Gasteiger partial charge in [0.1, 0.15) is 34.9 Å². The van der Waals surface area contributed by atoms with E-state index in [0.29, 0.717) is 25.1 Å². The molecule has 6 aromatic rings. The Kier molecular flexibility index (Phi) is 26.9. The van der Waals surface area contributed by atoms with E-state index >= 15 is 0 Å². The van der Waals surface area contributed by atoms with Crippen molar-refractivity contribution in [1.29, 1.82) is 0 Å². The molecule has 4 aromatic carbocycles. The SMILES string of the molecule is CC(C)(C)OC(=O)[C@H](Cc1ccc(COC2CCC(N(C(=O)OC(C)(C)C)c3ccccn3)CC2)cc1)NC(=O)c1c(Cl)cccc1Cl.O=C(N[C@@H](Cc1ccc(COC2CCC(Nc3ccccn3)CC2)cc1)C(=O)O)c1c(Cl)cccc1Cl.O=CO. The van der Waals surface area contributed by atoms with E-state index in [1.165, 1.54) is 12.1 Å². The number of rotatable bonds is 20. The lowest BCUT2D eigenvalue weighted by atomic mass is 9.92. The fourth-order valence-corrected chi connectivity index (χ4v) is 11.0. The number of anilines is 2. The summed E-state index contributed by atoms with van der Waals surface area (Å²) in [4.78, 5) is 82.6. The molecule has 0 unspecified atom stereocenters. The van der Waals surface area contributed by atoms with Crippen LogP contribution >= 0.6 is 46.4 Å². The van der Waals surface area contributed by atoms with Gasteiger partial charge >= 0.3 is 18.0 Å². The second-order valence-electron chi connectivity index (χ2n) is 23.2. The minimum atomic E-state index is -1.14. The van der Waals surface area contributed by atoms with Gasteiger partial charge in [0.25, 0.3) is 18.3 Å². The van der Waals surface area contributed by atoms with E-state index in [9.17, 15) is 29.1 Å². The third-order valence-corrected chi connectivity index (χ3v) is 15.3. The molecule has 2 aromatic heterocycles. The van der Waals surface area contributed by atoms with E-state index in [1.54, 1.807) is 62.3 Å². The fraction of sp³-hybridized carbons (Fsp3) is 0.394. The van der Waals surface area contributed by atoms with Crippen LogP contribution in [0.25, 0.3) is 0 Å². The lowest BCUT2D eigenvalue weighted by Gasteiger charge is -2.37. The lowest BCUT2D eigenvalue weighted by molar-refractivity contribution is -0.157. The van der Waals surface area contributed by atoms with Crippen molar-refractivity contribution < 1.29 is 57.9 Å². The molecular formula is C66H76Cl4N6O12. The van der Waals surface area contributed by atoms with E-state index in [4.69, 9.17) is 75.3 Å². The average Bonchev–Trinajstić information content (AvgIpc) is 3.55. The summed E-state index contributed by atoms with van der Waals surface area (Å²) in [7, 11) is 0. The summed E-state index contributed by atoms with van der Waals surface area (Å²) in [5.74, 6) is -1.40. The Morgan fingerprint density at radius 1 is 0.568 bits per heavy atom. The standard InChI is InChI=1S/C37H45Cl2N3O6.C28H29Cl2N3O4.CH2O2/c1-36(2,3)47-34(44)30(41-33(43)32-28(38)10-9-11-29(32)39)22-24-13-15-25(16-14-24)23-46-27-19-17-26(18-20-27)42(31-12-7-8-21-40-31)35(45)48-37(4,5)6;29-22-4-3-5-23(30)26(22)27(34)33-24(28(35)36)16-18-7-9-19(10-8-18)17-37-21-13-11-20(12-14-21)32-25-6-1-2-15-31-25;2-1-3/h7-16,21,26-27,30H,17-20,22-23H2,1-6H3,(H,41,43);1-10,15,20-21,24H,11-14,16-17H2,(H,31,32)(H,33,34)(H,35,36);1H,(H,2,3)/t26?,27?,30-;20?,21?,24-;/m00./s1. The Labute approximate surface area is 533 Å². The van der Waals surface area contributed by atoms with E-state index in [1.807, 2.05) is 106 Å². The number of ether oxygens (including phenoxy) is 4. The van der Waals surface area contributed by atoms with Crippen LogP contribution in [-0.4, -0.2) is 104 Å². The number of hydrogen-bond donors (Lipinski definition) is 5. The Morgan fingerprint density at radius 2 is 0.989 bits per heavy atom. The van der Waals surface area contributed by atoms with Crippen LogP contribution in [0.5, 0.6) is 0 Å². The van der Waals surface area contributed by atoms with E-state index in [-0.39, 0.29) is 68.8 Å². The first-order valence-electron chi connectivity index (χ1n) is 28.9. The quantitative estimate of drug-likeness (QED) is 0.0352. The van der Waals surface area contributed by atoms with E-state index < -0.39 is 53.1 Å². The molecule has 0 saturated heterocycles. The number of benzene rings is 4. The highest BCUT2D eigenvalue weighted by atomic mass is 35.5. The monoisotopic (exact) mass is 1280 g/mol. The molecule has 0 aliphatic heterocycles. The van der Waals surface area contributed by atoms with Crippen molar-refractivity contribution in [2.24, 2.45) is 0 Å². The van der Waals surface area contributed by atoms with Gasteiger partial charge in [-0.3, -0.25) is 19.3 Å². The van der Waals surface area contributed by atoms with Gasteiger partial charge in [0, 0.05) is 37.3 Å². The number of aliphatic carboxylic acids is 1. The van der Waals surface area contributed by atoms with Gasteiger partial charge in [-0.2, -0.15) is 0 Å². The summed E-state index contributed by atoms with van der Waals surface area (Å²) in [5.41, 5.74) is 2.41. The predicted octanol–water partition coefficient (Wildman–Crippen LogP) is 13.8. The van der Waals surface area contributed by atoms with Crippen molar-refractivity contribution in [1.82, 2.24) is 20.6 Å². The van der Waals surface area contributed by atoms with Crippen LogP contribution in [0.2, 0.25) is 20.1 Å². The smallest absolute Gasteiger partial charge is 0.416 e. The van der Waals surface area contributed by atoms with Gasteiger partial charge in [-0.25, -0.2) is 24.4 Å². The second-order valence-corrected chi connectivity index (χ2v) is 24.8. The van der Waals surface area contributed by atoms with Crippen LogP contribution in [0.4, 0.5) is 16.4 Å². The molecule has 2 saturated carbocycles. The maximum Gasteiger partial charge on any atom is 0.416 e. The maximum atomic E-state index is 13.2. The number of carboxylic acids is 1. The van der Waals surface area contributed by atoms with Gasteiger partial charge < -0.3 is 45.1 Å². The number of halogens is 4. The Balaban J connectivity index is 0.000000277. The molecule has 470 valence electrons. The topological polar surface area (TPSA) is 245 Å². The van der Waals surface area contributed by atoms with Crippen LogP contribution in [0, 0.1) is 0 Å². The molecule has 2 fully saturated rings. The van der Waals surface area contributed by atoms with E-state index in [0.717, 1.165) is 79.4 Å². The summed E-state index contributed by atoms with van der Waals surface area (Å²) in [6, 6.07) is 34.4. The molecular weight excluding hydrogens is 1210 g/mol. The van der Waals surface area contributed by atoms with E-state index in [2.05, 4.69) is 25.9 Å². The number of nitrogens with one attached hydrogen (secondary N) is 3. The molecule has 22 heteroatoms. The van der Waals surface area contributed by atoms with Gasteiger partial charge in [-0.15, -0.1) is 0 Å². The molecule has 2 heterocycles. The molecule has 5 N–H and O–H groups in total. The molecule has 0 spiro atoms. The summed E-state index contributed by atoms with van der Waals surface area (Å²) in [6.07, 6.45) is 10.8. The molecule has 8 rings (SSSR count). The number of aromatic nitrogens is 2. The van der Waals surface area contributed by atoms with Crippen LogP contribution < -0.4 is 20.9 Å². The Hall–Kier alpha value is -7.32. The van der Waals surface area contributed by atoms with Crippen molar-refractivity contribution in [3.8, 4) is 0 Å². The normalized spacial score (nSPS) is 17.2. The van der Waals surface area contributed by atoms with Gasteiger partial charge in [0.15, 0.2) is 0 Å². The van der Waals surface area contributed by atoms with Crippen molar-refractivity contribution in [3.63, 3.8) is 0 Å². The summed E-state index contributed by atoms with van der Waals surface area (Å²) >= 11 is 24.6. The zero-order valence-electron chi connectivity index (χ0n) is 50.1. The third kappa shape index (κ3) is 22.7. The molecule has 2 atom stereocenters. The maximum absolute atomic E-state index is 13.2. The molecule has 3 amide bonds. The van der Waals surface area contributed by atoms with Crippen LogP contribution in [-0.2, 0) is 59.4 Å². The minimum Gasteiger partial charge on any atom is -0.483 e. The van der Waals surface area contributed by atoms with Crippen molar-refractivity contribution in [3.05, 3.63) is 187 Å². The molecule has 18 nitrogen and oxygen atoms in total. The number of hydrogen-bond acceptors (Lipinski definition) is 13. The lowest BCUT2D eigenvalue weighted by Crippen LogP contribution is -2.46. The van der Waals surface area contributed by atoms with Crippen molar-refractivity contribution >= 4 is 94.4 Å². The van der Waals surface area contributed by atoms with Crippen LogP contribution in [0.3, 0.4) is 0 Å². The van der Waals surface area contributed by atoms with Gasteiger partial charge in [-0.1, -0.05) is 119 Å². The first-order valence-corrected chi connectivity index (χ1v) is 30.4. The fourth-order valence-electron chi connectivity index (χ4n) is 9.84. The first kappa shape index (κ1) is 69.8. The highest BCUT2D eigenvalue weighted by Gasteiger charge is 2.35. The molecule has 2 aliphatic rings. The van der Waals surface area contributed by atoms with Crippen LogP contribution in [0.1, 0.15) is 136 Å². The number of esters is 1.